The van der Waals surface area contributed by atoms with Gasteiger partial charge in [-0.25, -0.2) is 8.42 Å². The van der Waals surface area contributed by atoms with Gasteiger partial charge in [-0.3, -0.25) is 4.79 Å². The molecule has 0 aromatic heterocycles. The molecule has 2 unspecified atom stereocenters. The van der Waals surface area contributed by atoms with E-state index in [2.05, 4.69) is 0 Å². The molecule has 0 saturated carbocycles. The van der Waals surface area contributed by atoms with Crippen LogP contribution in [0.4, 0.5) is 0 Å². The second-order valence-corrected chi connectivity index (χ2v) is 6.29. The molecule has 0 radical (unpaired) electrons. The molecule has 1 fully saturated rings. The van der Waals surface area contributed by atoms with Crippen LogP contribution in [0.3, 0.4) is 0 Å². The summed E-state index contributed by atoms with van der Waals surface area (Å²) in [6.45, 7) is 0. The Bertz CT molecular complexity index is 538. The van der Waals surface area contributed by atoms with Crippen LogP contribution in [0.2, 0.25) is 5.02 Å². The fourth-order valence-electron chi connectivity index (χ4n) is 1.89. The van der Waals surface area contributed by atoms with Crippen LogP contribution in [-0.4, -0.2) is 25.2 Å². The number of carboxylic acid groups (broad SMARTS) is 1. The lowest BCUT2D eigenvalue weighted by molar-refractivity contribution is -0.141. The lowest BCUT2D eigenvalue weighted by Gasteiger charge is -2.33. The number of carbonyl (C=O) groups is 1. The number of carboxylic acids is 1. The van der Waals surface area contributed by atoms with Gasteiger partial charge in [-0.15, -0.1) is 0 Å². The Balaban J connectivity index is 2.46. The Morgan fingerprint density at radius 2 is 2.00 bits per heavy atom. The molecule has 0 amide bonds. The van der Waals surface area contributed by atoms with Crippen LogP contribution in [0.15, 0.2) is 24.3 Å². The van der Waals surface area contributed by atoms with Crippen molar-refractivity contribution in [2.45, 2.75) is 5.25 Å². The summed E-state index contributed by atoms with van der Waals surface area (Å²) in [7, 11) is -3.36. The molecule has 4 nitrogen and oxygen atoms in total. The van der Waals surface area contributed by atoms with Crippen LogP contribution in [0, 0.1) is 5.92 Å². The molecule has 2 rings (SSSR count). The fraction of sp³-hybridized carbons (Fsp3) is 0.300. The molecule has 1 aromatic carbocycles. The van der Waals surface area contributed by atoms with Gasteiger partial charge in [0, 0.05) is 5.02 Å². The summed E-state index contributed by atoms with van der Waals surface area (Å²) in [5.41, 5.74) is 0.378. The molecule has 0 aliphatic carbocycles. The number of rotatable bonds is 2. The highest BCUT2D eigenvalue weighted by Crippen LogP contribution is 2.44. The molecule has 1 aliphatic heterocycles. The van der Waals surface area contributed by atoms with E-state index in [1.165, 1.54) is 0 Å². The second kappa shape index (κ2) is 3.75. The topological polar surface area (TPSA) is 71.4 Å². The smallest absolute Gasteiger partial charge is 0.309 e. The van der Waals surface area contributed by atoms with E-state index in [-0.39, 0.29) is 5.75 Å². The zero-order valence-electron chi connectivity index (χ0n) is 8.13. The maximum absolute atomic E-state index is 11.6. The van der Waals surface area contributed by atoms with Crippen LogP contribution in [0.5, 0.6) is 0 Å². The third-order valence-corrected chi connectivity index (χ3v) is 5.22. The maximum Gasteiger partial charge on any atom is 0.309 e. The van der Waals surface area contributed by atoms with Crippen molar-refractivity contribution in [3.8, 4) is 0 Å². The first kappa shape index (κ1) is 11.4. The predicted octanol–water partition coefficient (Wildman–Crippen LogP) is 1.51. The van der Waals surface area contributed by atoms with E-state index in [1.54, 1.807) is 24.3 Å². The van der Waals surface area contributed by atoms with E-state index < -0.39 is 27.0 Å². The summed E-state index contributed by atoms with van der Waals surface area (Å²) in [6.07, 6.45) is 0. The number of aliphatic carboxylic acids is 1. The van der Waals surface area contributed by atoms with Crippen LogP contribution in [-0.2, 0) is 14.6 Å². The molecule has 16 heavy (non-hydrogen) atoms. The molecular formula is C10H9ClO4S. The van der Waals surface area contributed by atoms with Crippen LogP contribution >= 0.6 is 11.6 Å². The molecule has 0 spiro atoms. The number of halogens is 1. The summed E-state index contributed by atoms with van der Waals surface area (Å²) in [5, 5.41) is 8.17. The first-order valence-corrected chi connectivity index (χ1v) is 6.71. The Hall–Kier alpha value is -1.07. The molecule has 1 heterocycles. The van der Waals surface area contributed by atoms with E-state index in [0.29, 0.717) is 10.6 Å². The first-order chi connectivity index (χ1) is 7.43. The van der Waals surface area contributed by atoms with Gasteiger partial charge in [0.15, 0.2) is 9.84 Å². The van der Waals surface area contributed by atoms with Gasteiger partial charge in [0.25, 0.3) is 0 Å². The number of hydrogen-bond acceptors (Lipinski definition) is 3. The van der Waals surface area contributed by atoms with E-state index >= 15 is 0 Å². The third kappa shape index (κ3) is 1.70. The molecule has 0 bridgehead atoms. The van der Waals surface area contributed by atoms with Gasteiger partial charge in [0.1, 0.15) is 5.25 Å². The Kier molecular flexibility index (Phi) is 2.67. The van der Waals surface area contributed by atoms with Gasteiger partial charge < -0.3 is 5.11 Å². The Morgan fingerprint density at radius 1 is 1.38 bits per heavy atom. The zero-order valence-corrected chi connectivity index (χ0v) is 9.70. The van der Waals surface area contributed by atoms with Crippen molar-refractivity contribution in [1.29, 1.82) is 0 Å². The number of hydrogen-bond donors (Lipinski definition) is 1. The maximum atomic E-state index is 11.6. The lowest BCUT2D eigenvalue weighted by Crippen LogP contribution is -2.44. The van der Waals surface area contributed by atoms with Crippen molar-refractivity contribution in [1.82, 2.24) is 0 Å². The number of benzene rings is 1. The quantitative estimate of drug-likeness (QED) is 0.875. The first-order valence-electron chi connectivity index (χ1n) is 4.62. The van der Waals surface area contributed by atoms with Crippen molar-refractivity contribution in [3.05, 3.63) is 34.9 Å². The van der Waals surface area contributed by atoms with E-state index in [4.69, 9.17) is 16.7 Å². The monoisotopic (exact) mass is 260 g/mol. The van der Waals surface area contributed by atoms with Gasteiger partial charge in [0.05, 0.1) is 11.7 Å². The van der Waals surface area contributed by atoms with E-state index in [9.17, 15) is 13.2 Å². The van der Waals surface area contributed by atoms with Crippen LogP contribution < -0.4 is 0 Å². The minimum Gasteiger partial charge on any atom is -0.481 e. The summed E-state index contributed by atoms with van der Waals surface area (Å²) in [5.74, 6) is -2.29. The Labute approximate surface area is 97.8 Å². The van der Waals surface area contributed by atoms with Crippen molar-refractivity contribution < 1.29 is 18.3 Å². The average molecular weight is 261 g/mol. The minimum absolute atomic E-state index is 0.294. The fourth-order valence-corrected chi connectivity index (χ4v) is 4.19. The third-order valence-electron chi connectivity index (χ3n) is 2.69. The molecule has 1 aliphatic rings. The predicted molar refractivity (Wildman–Crippen MR) is 59.1 cm³/mol. The highest BCUT2D eigenvalue weighted by molar-refractivity contribution is 7.93. The highest BCUT2D eigenvalue weighted by Gasteiger charge is 2.51. The van der Waals surface area contributed by atoms with E-state index in [1.807, 2.05) is 0 Å². The van der Waals surface area contributed by atoms with Crippen LogP contribution in [0.1, 0.15) is 10.8 Å². The minimum atomic E-state index is -3.36. The van der Waals surface area contributed by atoms with Crippen molar-refractivity contribution in [2.75, 3.05) is 5.75 Å². The molecule has 1 N–H and O–H groups in total. The summed E-state index contributed by atoms with van der Waals surface area (Å²) in [4.78, 5) is 10.9. The Morgan fingerprint density at radius 3 is 2.50 bits per heavy atom. The standard InChI is InChI=1S/C10H9ClO4S/c11-8-4-2-1-3-6(8)9-7(10(12)13)5-16(9,14)15/h1-4,7,9H,5H2,(H,12,13). The molecule has 1 aromatic rings. The molecule has 6 heteroatoms. The summed E-state index contributed by atoms with van der Waals surface area (Å²) >= 11 is 5.87. The molecule has 86 valence electrons. The van der Waals surface area contributed by atoms with Gasteiger partial charge in [0.2, 0.25) is 0 Å². The van der Waals surface area contributed by atoms with Crippen molar-refractivity contribution >= 4 is 27.4 Å². The normalized spacial score (nSPS) is 27.1. The molecule has 2 atom stereocenters. The lowest BCUT2D eigenvalue weighted by atomic mass is 9.99. The summed E-state index contributed by atoms with van der Waals surface area (Å²) in [6, 6.07) is 6.43. The van der Waals surface area contributed by atoms with Gasteiger partial charge in [-0.2, -0.15) is 0 Å². The largest absolute Gasteiger partial charge is 0.481 e. The van der Waals surface area contributed by atoms with E-state index in [0.717, 1.165) is 0 Å². The molecular weight excluding hydrogens is 252 g/mol. The van der Waals surface area contributed by atoms with Gasteiger partial charge in [-0.05, 0) is 11.6 Å². The molecule has 1 saturated heterocycles. The average Bonchev–Trinajstić information content (AvgIpc) is 2.18. The summed E-state index contributed by atoms with van der Waals surface area (Å²) < 4.78 is 23.1. The van der Waals surface area contributed by atoms with Crippen molar-refractivity contribution in [3.63, 3.8) is 0 Å². The van der Waals surface area contributed by atoms with Gasteiger partial charge >= 0.3 is 5.97 Å². The highest BCUT2D eigenvalue weighted by atomic mass is 35.5. The van der Waals surface area contributed by atoms with Gasteiger partial charge in [-0.1, -0.05) is 29.8 Å². The second-order valence-electron chi connectivity index (χ2n) is 3.72. The number of sulfone groups is 1. The SMILES string of the molecule is O=C(O)C1CS(=O)(=O)C1c1ccccc1Cl. The van der Waals surface area contributed by atoms with Crippen LogP contribution in [0.25, 0.3) is 0 Å². The van der Waals surface area contributed by atoms with Crippen molar-refractivity contribution in [2.24, 2.45) is 5.92 Å². The zero-order chi connectivity index (χ0) is 11.9.